The van der Waals surface area contributed by atoms with Crippen molar-refractivity contribution in [2.24, 2.45) is 5.73 Å². The van der Waals surface area contributed by atoms with Crippen LogP contribution < -0.4 is 5.73 Å². The SMILES string of the molecule is CCCC(C)(CC)c1ccccc1C(N)=O. The molecule has 0 radical (unpaired) electrons. The van der Waals surface area contributed by atoms with E-state index < -0.39 is 0 Å². The second-order valence-corrected chi connectivity index (χ2v) is 4.57. The number of benzene rings is 1. The summed E-state index contributed by atoms with van der Waals surface area (Å²) in [6.07, 6.45) is 3.20. The Hall–Kier alpha value is -1.31. The summed E-state index contributed by atoms with van der Waals surface area (Å²) in [6.45, 7) is 6.53. The number of hydrogen-bond donors (Lipinski definition) is 1. The highest BCUT2D eigenvalue weighted by Crippen LogP contribution is 2.34. The zero-order chi connectivity index (χ0) is 12.2. The Labute approximate surface area is 97.9 Å². The zero-order valence-corrected chi connectivity index (χ0v) is 10.4. The van der Waals surface area contributed by atoms with Gasteiger partial charge < -0.3 is 5.73 Å². The average molecular weight is 219 g/mol. The van der Waals surface area contributed by atoms with Crippen molar-refractivity contribution >= 4 is 5.91 Å². The lowest BCUT2D eigenvalue weighted by Gasteiger charge is -2.30. The molecule has 1 rings (SSSR count). The molecule has 2 heteroatoms. The Bertz CT molecular complexity index is 373. The van der Waals surface area contributed by atoms with E-state index in [0.717, 1.165) is 24.8 Å². The van der Waals surface area contributed by atoms with E-state index in [1.807, 2.05) is 24.3 Å². The first-order valence-electron chi connectivity index (χ1n) is 5.94. The van der Waals surface area contributed by atoms with Gasteiger partial charge in [-0.2, -0.15) is 0 Å². The second kappa shape index (κ2) is 5.15. The summed E-state index contributed by atoms with van der Waals surface area (Å²) in [4.78, 5) is 11.4. The van der Waals surface area contributed by atoms with Crippen molar-refractivity contribution in [1.82, 2.24) is 0 Å². The predicted molar refractivity (Wildman–Crippen MR) is 67.5 cm³/mol. The maximum atomic E-state index is 11.4. The highest BCUT2D eigenvalue weighted by atomic mass is 16.1. The zero-order valence-electron chi connectivity index (χ0n) is 10.4. The van der Waals surface area contributed by atoms with Crippen LogP contribution in [0.25, 0.3) is 0 Å². The molecule has 0 aromatic heterocycles. The Morgan fingerprint density at radius 1 is 1.31 bits per heavy atom. The van der Waals surface area contributed by atoms with E-state index in [1.165, 1.54) is 0 Å². The molecule has 1 amide bonds. The lowest BCUT2D eigenvalue weighted by molar-refractivity contribution is 0.0997. The van der Waals surface area contributed by atoms with Crippen molar-refractivity contribution in [1.29, 1.82) is 0 Å². The fourth-order valence-electron chi connectivity index (χ4n) is 2.28. The number of hydrogen-bond acceptors (Lipinski definition) is 1. The summed E-state index contributed by atoms with van der Waals surface area (Å²) in [5, 5.41) is 0. The summed E-state index contributed by atoms with van der Waals surface area (Å²) in [5.41, 5.74) is 7.24. The average Bonchev–Trinajstić information content (AvgIpc) is 2.29. The number of amides is 1. The molecule has 0 fully saturated rings. The third-order valence-electron chi connectivity index (χ3n) is 3.42. The Morgan fingerprint density at radius 3 is 2.44 bits per heavy atom. The van der Waals surface area contributed by atoms with Gasteiger partial charge in [-0.15, -0.1) is 0 Å². The van der Waals surface area contributed by atoms with Gasteiger partial charge in [0.15, 0.2) is 0 Å². The molecule has 0 saturated heterocycles. The van der Waals surface area contributed by atoms with Crippen LogP contribution in [0.1, 0.15) is 56.0 Å². The molecular formula is C14H21NO. The largest absolute Gasteiger partial charge is 0.366 e. The van der Waals surface area contributed by atoms with Gasteiger partial charge in [0.25, 0.3) is 0 Å². The molecule has 0 spiro atoms. The van der Waals surface area contributed by atoms with Crippen LogP contribution in [0.5, 0.6) is 0 Å². The van der Waals surface area contributed by atoms with E-state index in [0.29, 0.717) is 5.56 Å². The molecule has 2 nitrogen and oxygen atoms in total. The molecule has 0 aliphatic rings. The van der Waals surface area contributed by atoms with Crippen molar-refractivity contribution in [2.45, 2.75) is 45.4 Å². The van der Waals surface area contributed by atoms with E-state index in [2.05, 4.69) is 20.8 Å². The third kappa shape index (κ3) is 2.43. The van der Waals surface area contributed by atoms with Crippen molar-refractivity contribution in [3.05, 3.63) is 35.4 Å². The van der Waals surface area contributed by atoms with Gasteiger partial charge in [0.05, 0.1) is 0 Å². The van der Waals surface area contributed by atoms with Gasteiger partial charge in [-0.1, -0.05) is 45.4 Å². The summed E-state index contributed by atoms with van der Waals surface area (Å²) in [5.74, 6) is -0.327. The number of nitrogens with two attached hydrogens (primary N) is 1. The normalized spacial score (nSPS) is 14.4. The Morgan fingerprint density at radius 2 is 1.94 bits per heavy atom. The predicted octanol–water partition coefficient (Wildman–Crippen LogP) is 3.25. The number of carbonyl (C=O) groups is 1. The molecule has 1 aromatic carbocycles. The van der Waals surface area contributed by atoms with Crippen molar-refractivity contribution in [3.8, 4) is 0 Å². The highest BCUT2D eigenvalue weighted by molar-refractivity contribution is 5.94. The lowest BCUT2D eigenvalue weighted by atomic mass is 9.74. The molecule has 88 valence electrons. The van der Waals surface area contributed by atoms with Crippen LogP contribution in [0.15, 0.2) is 24.3 Å². The second-order valence-electron chi connectivity index (χ2n) is 4.57. The monoisotopic (exact) mass is 219 g/mol. The van der Waals surface area contributed by atoms with Crippen LogP contribution in [0.4, 0.5) is 0 Å². The number of carbonyl (C=O) groups excluding carboxylic acids is 1. The minimum Gasteiger partial charge on any atom is -0.366 e. The van der Waals surface area contributed by atoms with Gasteiger partial charge in [-0.05, 0) is 29.9 Å². The van der Waals surface area contributed by atoms with Gasteiger partial charge in [0, 0.05) is 5.56 Å². The van der Waals surface area contributed by atoms with Crippen molar-refractivity contribution in [3.63, 3.8) is 0 Å². The topological polar surface area (TPSA) is 43.1 Å². The van der Waals surface area contributed by atoms with Crippen LogP contribution in [-0.2, 0) is 5.41 Å². The fraction of sp³-hybridized carbons (Fsp3) is 0.500. The van der Waals surface area contributed by atoms with E-state index in [9.17, 15) is 4.79 Å². The third-order valence-corrected chi connectivity index (χ3v) is 3.42. The van der Waals surface area contributed by atoms with Crippen LogP contribution >= 0.6 is 0 Å². The van der Waals surface area contributed by atoms with Gasteiger partial charge >= 0.3 is 0 Å². The number of primary amides is 1. The molecule has 1 atom stereocenters. The Balaban J connectivity index is 3.24. The van der Waals surface area contributed by atoms with E-state index in [-0.39, 0.29) is 11.3 Å². The fourth-order valence-corrected chi connectivity index (χ4v) is 2.28. The van der Waals surface area contributed by atoms with E-state index in [1.54, 1.807) is 0 Å². The first-order valence-corrected chi connectivity index (χ1v) is 5.94. The van der Waals surface area contributed by atoms with Crippen molar-refractivity contribution in [2.75, 3.05) is 0 Å². The molecule has 0 heterocycles. The van der Waals surface area contributed by atoms with E-state index in [4.69, 9.17) is 5.73 Å². The molecule has 0 saturated carbocycles. The summed E-state index contributed by atoms with van der Waals surface area (Å²) in [7, 11) is 0. The van der Waals surface area contributed by atoms with E-state index >= 15 is 0 Å². The highest BCUT2D eigenvalue weighted by Gasteiger charge is 2.27. The quantitative estimate of drug-likeness (QED) is 0.811. The molecular weight excluding hydrogens is 198 g/mol. The van der Waals surface area contributed by atoms with Crippen LogP contribution in [0, 0.1) is 0 Å². The molecule has 1 aromatic rings. The smallest absolute Gasteiger partial charge is 0.248 e. The first-order chi connectivity index (χ1) is 7.55. The maximum absolute atomic E-state index is 11.4. The number of rotatable bonds is 5. The summed E-state index contributed by atoms with van der Waals surface area (Å²) in [6, 6.07) is 7.69. The minimum absolute atomic E-state index is 0.0559. The van der Waals surface area contributed by atoms with Crippen LogP contribution in [0.3, 0.4) is 0 Å². The van der Waals surface area contributed by atoms with Crippen LogP contribution in [0.2, 0.25) is 0 Å². The molecule has 0 aliphatic carbocycles. The Kier molecular flexibility index (Phi) is 4.11. The molecule has 0 bridgehead atoms. The van der Waals surface area contributed by atoms with Gasteiger partial charge in [-0.25, -0.2) is 0 Å². The molecule has 16 heavy (non-hydrogen) atoms. The molecule has 2 N–H and O–H groups in total. The van der Waals surface area contributed by atoms with Crippen molar-refractivity contribution < 1.29 is 4.79 Å². The van der Waals surface area contributed by atoms with Crippen LogP contribution in [-0.4, -0.2) is 5.91 Å². The molecule has 0 aliphatic heterocycles. The lowest BCUT2D eigenvalue weighted by Crippen LogP contribution is -2.26. The summed E-state index contributed by atoms with van der Waals surface area (Å²) < 4.78 is 0. The first kappa shape index (κ1) is 12.8. The summed E-state index contributed by atoms with van der Waals surface area (Å²) >= 11 is 0. The maximum Gasteiger partial charge on any atom is 0.248 e. The molecule has 1 unspecified atom stereocenters. The standard InChI is InChI=1S/C14H21NO/c1-4-10-14(3,5-2)12-9-7-6-8-11(12)13(15)16/h6-9H,4-5,10H2,1-3H3,(H2,15,16). The van der Waals surface area contributed by atoms with Gasteiger partial charge in [-0.3, -0.25) is 4.79 Å². The minimum atomic E-state index is -0.327. The van der Waals surface area contributed by atoms with Gasteiger partial charge in [0.2, 0.25) is 5.91 Å². The van der Waals surface area contributed by atoms with Gasteiger partial charge in [0.1, 0.15) is 0 Å².